The van der Waals surface area contributed by atoms with Crippen molar-refractivity contribution in [1.82, 2.24) is 4.98 Å². The maximum absolute atomic E-state index is 14.0. The molecule has 0 radical (unpaired) electrons. The van der Waals surface area contributed by atoms with Crippen LogP contribution in [0.4, 0.5) is 47.3 Å². The number of aromatic nitrogens is 1. The summed E-state index contributed by atoms with van der Waals surface area (Å²) in [5.74, 6) is -4.30. The Balaban J connectivity index is 1.47. The van der Waals surface area contributed by atoms with Gasteiger partial charge in [-0.2, -0.15) is 18.2 Å². The highest BCUT2D eigenvalue weighted by atomic mass is 19.2. The maximum atomic E-state index is 14.0. The average Bonchev–Trinajstić information content (AvgIpc) is 2.92. The van der Waals surface area contributed by atoms with Gasteiger partial charge >= 0.3 is 0 Å². The molecule has 2 aliphatic heterocycles. The van der Waals surface area contributed by atoms with Crippen molar-refractivity contribution < 1.29 is 22.7 Å². The molecule has 2 aliphatic rings. The van der Waals surface area contributed by atoms with Crippen molar-refractivity contribution in [1.29, 1.82) is 0 Å². The second kappa shape index (κ2) is 8.04. The van der Waals surface area contributed by atoms with E-state index in [9.17, 15) is 18.0 Å². The van der Waals surface area contributed by atoms with Crippen LogP contribution in [0.25, 0.3) is 0 Å². The summed E-state index contributed by atoms with van der Waals surface area (Å²) in [7, 11) is 0. The van der Waals surface area contributed by atoms with Crippen LogP contribution in [0, 0.1) is 17.7 Å². The fourth-order valence-electron chi connectivity index (χ4n) is 3.74. The number of anilines is 6. The molecule has 164 valence electrons. The topological polar surface area (TPSA) is 78.5 Å². The van der Waals surface area contributed by atoms with E-state index in [4.69, 9.17) is 4.74 Å². The summed E-state index contributed by atoms with van der Waals surface area (Å²) in [6.45, 7) is 2.82. The Labute approximate surface area is 181 Å². The first-order valence-electron chi connectivity index (χ1n) is 9.96. The first-order chi connectivity index (χ1) is 15.5. The molecule has 0 unspecified atom stereocenters. The van der Waals surface area contributed by atoms with Gasteiger partial charge in [-0.05, 0) is 36.4 Å². The first kappa shape index (κ1) is 20.1. The van der Waals surface area contributed by atoms with Crippen LogP contribution in [-0.4, -0.2) is 37.2 Å². The van der Waals surface area contributed by atoms with E-state index in [1.54, 1.807) is 12.1 Å². The molecule has 0 aliphatic carbocycles. The third kappa shape index (κ3) is 3.80. The Hall–Kier alpha value is -3.79. The van der Waals surface area contributed by atoms with E-state index in [1.165, 1.54) is 6.07 Å². The minimum Gasteiger partial charge on any atom is -0.378 e. The summed E-state index contributed by atoms with van der Waals surface area (Å²) < 4.78 is 46.2. The quantitative estimate of drug-likeness (QED) is 0.524. The Morgan fingerprint density at radius 3 is 2.56 bits per heavy atom. The zero-order valence-corrected chi connectivity index (χ0v) is 16.7. The molecule has 0 bridgehead atoms. The van der Waals surface area contributed by atoms with Gasteiger partial charge < -0.3 is 25.6 Å². The third-order valence-electron chi connectivity index (χ3n) is 5.33. The number of nitrogens with one attached hydrogen (secondary N) is 3. The molecule has 7 nitrogen and oxygen atoms in total. The smallest absolute Gasteiger partial charge is 0.257 e. The molecule has 3 N–H and O–H groups in total. The van der Waals surface area contributed by atoms with Gasteiger partial charge in [-0.3, -0.25) is 4.79 Å². The third-order valence-corrected chi connectivity index (χ3v) is 5.33. The second-order valence-corrected chi connectivity index (χ2v) is 7.39. The van der Waals surface area contributed by atoms with E-state index < -0.39 is 23.4 Å². The zero-order chi connectivity index (χ0) is 22.2. The highest BCUT2D eigenvalue weighted by molar-refractivity contribution is 6.12. The predicted molar refractivity (Wildman–Crippen MR) is 115 cm³/mol. The van der Waals surface area contributed by atoms with Gasteiger partial charge in [-0.1, -0.05) is 0 Å². The van der Waals surface area contributed by atoms with Crippen LogP contribution < -0.4 is 20.9 Å². The van der Waals surface area contributed by atoms with Crippen molar-refractivity contribution in [2.75, 3.05) is 47.2 Å². The number of rotatable bonds is 3. The summed E-state index contributed by atoms with van der Waals surface area (Å²) in [6, 6.07) is 11.1. The highest BCUT2D eigenvalue weighted by Gasteiger charge is 2.21. The minimum absolute atomic E-state index is 0.316. The number of morpholine rings is 1. The molecule has 32 heavy (non-hydrogen) atoms. The van der Waals surface area contributed by atoms with Crippen LogP contribution in [0.5, 0.6) is 0 Å². The van der Waals surface area contributed by atoms with Gasteiger partial charge in [-0.25, -0.2) is 0 Å². The van der Waals surface area contributed by atoms with E-state index in [2.05, 4.69) is 25.8 Å². The fourth-order valence-corrected chi connectivity index (χ4v) is 3.74. The molecule has 1 fully saturated rings. The number of pyridine rings is 1. The van der Waals surface area contributed by atoms with Crippen LogP contribution in [-0.2, 0) is 4.74 Å². The molecular weight excluding hydrogens is 423 g/mol. The Bertz CT molecular complexity index is 1210. The number of halogens is 3. The van der Waals surface area contributed by atoms with Gasteiger partial charge in [0.15, 0.2) is 0 Å². The molecule has 2 aromatic carbocycles. The molecule has 5 rings (SSSR count). The lowest BCUT2D eigenvalue weighted by Crippen LogP contribution is -2.36. The number of carbonyl (C=O) groups excluding carboxylic acids is 1. The SMILES string of the molecule is O=C1Nc2ccc(N3CCOCC3)cc2Nc2cc(Nc3cc(F)nc(F)c3F)ccc21. The predicted octanol–water partition coefficient (Wildman–Crippen LogP) is 4.39. The van der Waals surface area contributed by atoms with E-state index in [1.807, 2.05) is 18.2 Å². The Morgan fingerprint density at radius 1 is 0.938 bits per heavy atom. The van der Waals surface area contributed by atoms with Crippen LogP contribution in [0.1, 0.15) is 10.4 Å². The lowest BCUT2D eigenvalue weighted by molar-refractivity contribution is 0.102. The summed E-state index contributed by atoms with van der Waals surface area (Å²) in [5.41, 5.74) is 3.04. The van der Waals surface area contributed by atoms with Crippen LogP contribution >= 0.6 is 0 Å². The zero-order valence-electron chi connectivity index (χ0n) is 16.7. The number of hydrogen-bond acceptors (Lipinski definition) is 6. The summed E-state index contributed by atoms with van der Waals surface area (Å²) in [5, 5.41) is 8.75. The molecule has 10 heteroatoms. The van der Waals surface area contributed by atoms with Crippen molar-refractivity contribution >= 4 is 40.0 Å². The van der Waals surface area contributed by atoms with Crippen LogP contribution in [0.3, 0.4) is 0 Å². The van der Waals surface area contributed by atoms with Gasteiger partial charge in [0, 0.05) is 30.5 Å². The second-order valence-electron chi connectivity index (χ2n) is 7.39. The van der Waals surface area contributed by atoms with E-state index in [-0.39, 0.29) is 5.91 Å². The summed E-state index contributed by atoms with van der Waals surface area (Å²) >= 11 is 0. The number of nitrogens with zero attached hydrogens (tertiary/aromatic N) is 2. The van der Waals surface area contributed by atoms with Crippen LogP contribution in [0.2, 0.25) is 0 Å². The fraction of sp³-hybridized carbons (Fsp3) is 0.182. The number of carbonyl (C=O) groups is 1. The van der Waals surface area contributed by atoms with Crippen LogP contribution in [0.15, 0.2) is 42.5 Å². The molecule has 1 amide bonds. The lowest BCUT2D eigenvalue weighted by atomic mass is 10.1. The Morgan fingerprint density at radius 2 is 1.75 bits per heavy atom. The van der Waals surface area contributed by atoms with E-state index >= 15 is 0 Å². The molecular formula is C22H18F3N5O2. The molecule has 0 saturated carbocycles. The van der Waals surface area contributed by atoms with Gasteiger partial charge in [-0.15, -0.1) is 0 Å². The van der Waals surface area contributed by atoms with Crippen molar-refractivity contribution in [3.63, 3.8) is 0 Å². The number of hydrogen-bond donors (Lipinski definition) is 3. The van der Waals surface area contributed by atoms with Crippen molar-refractivity contribution in [2.24, 2.45) is 0 Å². The van der Waals surface area contributed by atoms with E-state index in [0.29, 0.717) is 41.5 Å². The molecule has 3 aromatic rings. The molecule has 0 atom stereocenters. The molecule has 1 saturated heterocycles. The van der Waals surface area contributed by atoms with Gasteiger partial charge in [0.05, 0.1) is 41.5 Å². The lowest BCUT2D eigenvalue weighted by Gasteiger charge is -2.29. The van der Waals surface area contributed by atoms with Gasteiger partial charge in [0.2, 0.25) is 11.8 Å². The number of ether oxygens (including phenoxy) is 1. The minimum atomic E-state index is -1.54. The summed E-state index contributed by atoms with van der Waals surface area (Å²) in [6.07, 6.45) is 0. The highest BCUT2D eigenvalue weighted by Crippen LogP contribution is 2.36. The van der Waals surface area contributed by atoms with Crippen molar-refractivity contribution in [3.05, 3.63) is 65.7 Å². The molecule has 0 spiro atoms. The van der Waals surface area contributed by atoms with Gasteiger partial charge in [0.1, 0.15) is 0 Å². The first-order valence-corrected chi connectivity index (χ1v) is 9.96. The van der Waals surface area contributed by atoms with E-state index in [0.717, 1.165) is 24.8 Å². The Kier molecular flexibility index (Phi) is 5.06. The molecule has 1 aromatic heterocycles. The largest absolute Gasteiger partial charge is 0.378 e. The standard InChI is InChI=1S/C22H18F3N5O2/c23-19-11-18(20(24)21(25)29-19)26-12-1-3-14-16(9-12)27-17-10-13(30-5-7-32-8-6-30)2-4-15(17)28-22(14)31/h1-4,9-11,27H,5-8H2,(H,26,29)(H,28,31). The molecule has 3 heterocycles. The number of fused-ring (bicyclic) bond motifs is 2. The average molecular weight is 441 g/mol. The normalized spacial score (nSPS) is 15.2. The maximum Gasteiger partial charge on any atom is 0.257 e. The monoisotopic (exact) mass is 441 g/mol. The number of amides is 1. The van der Waals surface area contributed by atoms with Crippen molar-refractivity contribution in [3.8, 4) is 0 Å². The van der Waals surface area contributed by atoms with Crippen molar-refractivity contribution in [2.45, 2.75) is 0 Å². The summed E-state index contributed by atoms with van der Waals surface area (Å²) in [4.78, 5) is 17.7. The number of benzene rings is 2. The van der Waals surface area contributed by atoms with Gasteiger partial charge in [0.25, 0.3) is 11.9 Å².